The number of hydrogen-bond donors (Lipinski definition) is 0. The number of hydrogen-bond acceptors (Lipinski definition) is 3. The van der Waals surface area contributed by atoms with Crippen LogP contribution in [0.4, 0.5) is 0 Å². The maximum atomic E-state index is 8.75. The summed E-state index contributed by atoms with van der Waals surface area (Å²) in [7, 11) is 0. The zero-order valence-electron chi connectivity index (χ0n) is 8.86. The minimum absolute atomic E-state index is 0.170. The number of nitriles is 1. The zero-order valence-corrected chi connectivity index (χ0v) is 8.86. The van der Waals surface area contributed by atoms with E-state index in [1.165, 1.54) is 0 Å². The molecule has 1 aromatic carbocycles. The first-order valence-electron chi connectivity index (χ1n) is 4.92. The molecule has 1 atom stereocenters. The van der Waals surface area contributed by atoms with Crippen molar-refractivity contribution in [2.75, 3.05) is 6.61 Å². The Morgan fingerprint density at radius 3 is 2.87 bits per heavy atom. The van der Waals surface area contributed by atoms with E-state index in [-0.39, 0.29) is 11.7 Å². The number of epoxide rings is 1. The van der Waals surface area contributed by atoms with Crippen LogP contribution in [0.15, 0.2) is 24.3 Å². The molecular formula is C12H13NO2. The van der Waals surface area contributed by atoms with Gasteiger partial charge in [-0.15, -0.1) is 0 Å². The number of benzene rings is 1. The third-order valence-corrected chi connectivity index (χ3v) is 2.45. The molecule has 1 heterocycles. The molecule has 0 spiro atoms. The number of ether oxygens (including phenoxy) is 2. The van der Waals surface area contributed by atoms with Gasteiger partial charge < -0.3 is 9.47 Å². The van der Waals surface area contributed by atoms with Gasteiger partial charge in [0.15, 0.2) is 0 Å². The van der Waals surface area contributed by atoms with Crippen LogP contribution in [0.5, 0.6) is 5.75 Å². The molecule has 2 rings (SSSR count). The summed E-state index contributed by atoms with van der Waals surface area (Å²) in [4.78, 5) is 0. The molecule has 1 aromatic rings. The van der Waals surface area contributed by atoms with E-state index in [9.17, 15) is 0 Å². The van der Waals surface area contributed by atoms with Crippen LogP contribution in [0.3, 0.4) is 0 Å². The number of nitrogens with zero attached hydrogens (tertiary/aromatic N) is 1. The molecule has 0 saturated carbocycles. The predicted octanol–water partition coefficient (Wildman–Crippen LogP) is 2.11. The standard InChI is InChI=1S/C12H13NO2/c1-12(2,11-8-14-11)15-10-5-3-4-9(6-10)7-13/h3-6,11H,8H2,1-2H3. The second-order valence-corrected chi connectivity index (χ2v) is 4.17. The van der Waals surface area contributed by atoms with Gasteiger partial charge in [0.05, 0.1) is 18.2 Å². The van der Waals surface area contributed by atoms with Crippen molar-refractivity contribution in [2.45, 2.75) is 25.6 Å². The molecular weight excluding hydrogens is 190 g/mol. The van der Waals surface area contributed by atoms with E-state index in [1.807, 2.05) is 26.0 Å². The van der Waals surface area contributed by atoms with Crippen LogP contribution in [0.25, 0.3) is 0 Å². The molecule has 1 fully saturated rings. The Morgan fingerprint density at radius 1 is 1.53 bits per heavy atom. The van der Waals surface area contributed by atoms with Gasteiger partial charge in [-0.3, -0.25) is 0 Å². The van der Waals surface area contributed by atoms with Gasteiger partial charge >= 0.3 is 0 Å². The summed E-state index contributed by atoms with van der Waals surface area (Å²) in [5, 5.41) is 8.75. The SMILES string of the molecule is CC(C)(Oc1cccc(C#N)c1)C1CO1. The minimum Gasteiger partial charge on any atom is -0.485 e. The summed E-state index contributed by atoms with van der Waals surface area (Å²) in [6, 6.07) is 9.25. The van der Waals surface area contributed by atoms with Crippen molar-refractivity contribution in [1.82, 2.24) is 0 Å². The molecule has 0 aliphatic carbocycles. The smallest absolute Gasteiger partial charge is 0.132 e. The summed E-state index contributed by atoms with van der Waals surface area (Å²) < 4.78 is 11.0. The van der Waals surface area contributed by atoms with Crippen LogP contribution < -0.4 is 4.74 Å². The van der Waals surface area contributed by atoms with Crippen LogP contribution in [0, 0.1) is 11.3 Å². The van der Waals surface area contributed by atoms with Crippen LogP contribution >= 0.6 is 0 Å². The number of rotatable bonds is 3. The van der Waals surface area contributed by atoms with E-state index in [4.69, 9.17) is 14.7 Å². The molecule has 1 saturated heterocycles. The van der Waals surface area contributed by atoms with E-state index < -0.39 is 0 Å². The molecule has 0 bridgehead atoms. The largest absolute Gasteiger partial charge is 0.485 e. The summed E-state index contributed by atoms with van der Waals surface area (Å²) in [5.41, 5.74) is 0.286. The van der Waals surface area contributed by atoms with Crippen LogP contribution in [-0.2, 0) is 4.74 Å². The molecule has 0 N–H and O–H groups in total. The Hall–Kier alpha value is -1.53. The van der Waals surface area contributed by atoms with Gasteiger partial charge in [0.1, 0.15) is 17.5 Å². The molecule has 1 aliphatic rings. The van der Waals surface area contributed by atoms with E-state index >= 15 is 0 Å². The summed E-state index contributed by atoms with van der Waals surface area (Å²) >= 11 is 0. The highest BCUT2D eigenvalue weighted by Crippen LogP contribution is 2.29. The monoisotopic (exact) mass is 203 g/mol. The molecule has 1 unspecified atom stereocenters. The van der Waals surface area contributed by atoms with Crippen molar-refractivity contribution in [3.63, 3.8) is 0 Å². The fraction of sp³-hybridized carbons (Fsp3) is 0.417. The van der Waals surface area contributed by atoms with E-state index in [0.29, 0.717) is 5.56 Å². The van der Waals surface area contributed by atoms with Crippen molar-refractivity contribution < 1.29 is 9.47 Å². The van der Waals surface area contributed by atoms with Gasteiger partial charge in [-0.1, -0.05) is 6.07 Å². The second kappa shape index (κ2) is 3.56. The topological polar surface area (TPSA) is 45.5 Å². The van der Waals surface area contributed by atoms with Crippen molar-refractivity contribution in [3.05, 3.63) is 29.8 Å². The minimum atomic E-state index is -0.325. The first-order valence-corrected chi connectivity index (χ1v) is 4.92. The summed E-state index contributed by atoms with van der Waals surface area (Å²) in [5.74, 6) is 0.717. The molecule has 3 heteroatoms. The van der Waals surface area contributed by atoms with Crippen LogP contribution in [0.1, 0.15) is 19.4 Å². The maximum absolute atomic E-state index is 8.75. The first kappa shape index (κ1) is 10.0. The summed E-state index contributed by atoms with van der Waals surface area (Å²) in [6.45, 7) is 4.73. The Bertz CT molecular complexity index is 402. The quantitative estimate of drug-likeness (QED) is 0.707. The molecule has 3 nitrogen and oxygen atoms in total. The lowest BCUT2D eigenvalue weighted by Crippen LogP contribution is -2.34. The molecule has 1 aliphatic heterocycles. The van der Waals surface area contributed by atoms with Gasteiger partial charge in [0.2, 0.25) is 0 Å². The fourth-order valence-electron chi connectivity index (χ4n) is 1.45. The zero-order chi connectivity index (χ0) is 10.9. The highest BCUT2D eigenvalue weighted by molar-refractivity contribution is 5.36. The average Bonchev–Trinajstić information content (AvgIpc) is 3.00. The van der Waals surface area contributed by atoms with E-state index in [0.717, 1.165) is 12.4 Å². The third-order valence-electron chi connectivity index (χ3n) is 2.45. The lowest BCUT2D eigenvalue weighted by Gasteiger charge is -2.24. The van der Waals surface area contributed by atoms with Gasteiger partial charge in [0.25, 0.3) is 0 Å². The van der Waals surface area contributed by atoms with Gasteiger partial charge in [0, 0.05) is 0 Å². The first-order chi connectivity index (χ1) is 7.12. The van der Waals surface area contributed by atoms with Crippen molar-refractivity contribution in [2.24, 2.45) is 0 Å². The van der Waals surface area contributed by atoms with Gasteiger partial charge in [-0.25, -0.2) is 0 Å². The second-order valence-electron chi connectivity index (χ2n) is 4.17. The van der Waals surface area contributed by atoms with Crippen molar-refractivity contribution in [3.8, 4) is 11.8 Å². The Labute approximate surface area is 89.2 Å². The van der Waals surface area contributed by atoms with Gasteiger partial charge in [-0.05, 0) is 32.0 Å². The molecule has 15 heavy (non-hydrogen) atoms. The van der Waals surface area contributed by atoms with Crippen LogP contribution in [-0.4, -0.2) is 18.3 Å². The predicted molar refractivity (Wildman–Crippen MR) is 55.6 cm³/mol. The normalized spacial score (nSPS) is 19.4. The summed E-state index contributed by atoms with van der Waals surface area (Å²) in [6.07, 6.45) is 0.170. The van der Waals surface area contributed by atoms with Gasteiger partial charge in [-0.2, -0.15) is 5.26 Å². The Balaban J connectivity index is 2.13. The Kier molecular flexibility index (Phi) is 2.37. The van der Waals surface area contributed by atoms with Crippen LogP contribution in [0.2, 0.25) is 0 Å². The molecule has 0 amide bonds. The molecule has 78 valence electrons. The Morgan fingerprint density at radius 2 is 2.27 bits per heavy atom. The molecule has 0 radical (unpaired) electrons. The highest BCUT2D eigenvalue weighted by Gasteiger charge is 2.41. The van der Waals surface area contributed by atoms with Crippen molar-refractivity contribution >= 4 is 0 Å². The average molecular weight is 203 g/mol. The van der Waals surface area contributed by atoms with E-state index in [1.54, 1.807) is 12.1 Å². The lowest BCUT2D eigenvalue weighted by atomic mass is 10.1. The lowest BCUT2D eigenvalue weighted by molar-refractivity contribution is 0.0744. The fourth-order valence-corrected chi connectivity index (χ4v) is 1.45. The van der Waals surface area contributed by atoms with Crippen molar-refractivity contribution in [1.29, 1.82) is 5.26 Å². The molecule has 0 aromatic heterocycles. The highest BCUT2D eigenvalue weighted by atomic mass is 16.6. The third kappa shape index (κ3) is 2.28. The maximum Gasteiger partial charge on any atom is 0.132 e. The van der Waals surface area contributed by atoms with E-state index in [2.05, 4.69) is 6.07 Å².